The lowest BCUT2D eigenvalue weighted by molar-refractivity contribution is 0.0958. The van der Waals surface area contributed by atoms with E-state index in [1.165, 1.54) is 5.57 Å². The molecule has 0 unspecified atom stereocenters. The van der Waals surface area contributed by atoms with E-state index in [0.717, 1.165) is 4.47 Å². The molecule has 3 heteroatoms. The summed E-state index contributed by atoms with van der Waals surface area (Å²) in [7, 11) is 0. The molecule has 0 fully saturated rings. The first-order valence-electron chi connectivity index (χ1n) is 4.76. The summed E-state index contributed by atoms with van der Waals surface area (Å²) in [5.74, 6) is -0.0474. The molecule has 0 aromatic heterocycles. The standard InChI is InChI=1S/C12H14BrNO/c1-9(2)6-7-14-12(15)10-4-3-5-11(13)8-10/h3-6,8H,7H2,1-2H3,(H,14,15). The van der Waals surface area contributed by atoms with Crippen molar-refractivity contribution in [2.45, 2.75) is 13.8 Å². The third-order valence-electron chi connectivity index (χ3n) is 1.86. The average Bonchev–Trinajstić information content (AvgIpc) is 2.17. The Balaban J connectivity index is 2.58. The van der Waals surface area contributed by atoms with Gasteiger partial charge in [-0.05, 0) is 32.0 Å². The van der Waals surface area contributed by atoms with Crippen LogP contribution >= 0.6 is 15.9 Å². The normalized spacial score (nSPS) is 9.53. The highest BCUT2D eigenvalue weighted by Crippen LogP contribution is 2.11. The van der Waals surface area contributed by atoms with E-state index in [0.29, 0.717) is 12.1 Å². The number of nitrogens with one attached hydrogen (secondary N) is 1. The van der Waals surface area contributed by atoms with E-state index in [9.17, 15) is 4.79 Å². The molecule has 1 aromatic carbocycles. The molecule has 15 heavy (non-hydrogen) atoms. The van der Waals surface area contributed by atoms with E-state index >= 15 is 0 Å². The Kier molecular flexibility index (Phi) is 4.56. The number of carbonyl (C=O) groups is 1. The van der Waals surface area contributed by atoms with E-state index in [1.54, 1.807) is 12.1 Å². The third kappa shape index (κ3) is 4.30. The fraction of sp³-hybridized carbons (Fsp3) is 0.250. The van der Waals surface area contributed by atoms with E-state index in [4.69, 9.17) is 0 Å². The summed E-state index contributed by atoms with van der Waals surface area (Å²) >= 11 is 3.33. The zero-order chi connectivity index (χ0) is 11.3. The van der Waals surface area contributed by atoms with Gasteiger partial charge >= 0.3 is 0 Å². The second-order valence-electron chi connectivity index (χ2n) is 3.50. The summed E-state index contributed by atoms with van der Waals surface area (Å²) in [4.78, 5) is 11.6. The topological polar surface area (TPSA) is 29.1 Å². The van der Waals surface area contributed by atoms with Crippen LogP contribution in [0.3, 0.4) is 0 Å². The molecule has 0 heterocycles. The lowest BCUT2D eigenvalue weighted by Gasteiger charge is -2.02. The van der Waals surface area contributed by atoms with Crippen LogP contribution < -0.4 is 5.32 Å². The minimum Gasteiger partial charge on any atom is -0.349 e. The van der Waals surface area contributed by atoms with Crippen LogP contribution in [0.1, 0.15) is 24.2 Å². The zero-order valence-corrected chi connectivity index (χ0v) is 10.5. The van der Waals surface area contributed by atoms with E-state index in [1.807, 2.05) is 32.1 Å². The first-order chi connectivity index (χ1) is 7.09. The van der Waals surface area contributed by atoms with Gasteiger partial charge in [0.25, 0.3) is 5.91 Å². The maximum Gasteiger partial charge on any atom is 0.251 e. The van der Waals surface area contributed by atoms with Gasteiger partial charge in [-0.25, -0.2) is 0 Å². The average molecular weight is 268 g/mol. The predicted molar refractivity (Wildman–Crippen MR) is 65.9 cm³/mol. The third-order valence-corrected chi connectivity index (χ3v) is 2.35. The minimum atomic E-state index is -0.0474. The van der Waals surface area contributed by atoms with E-state index in [-0.39, 0.29) is 5.91 Å². The Morgan fingerprint density at radius 2 is 2.20 bits per heavy atom. The van der Waals surface area contributed by atoms with Crippen molar-refractivity contribution in [1.82, 2.24) is 5.32 Å². The number of amides is 1. The SMILES string of the molecule is CC(C)=CCNC(=O)c1cccc(Br)c1. The number of rotatable bonds is 3. The Labute approximate surface area is 98.5 Å². The Hall–Kier alpha value is -1.09. The van der Waals surface area contributed by atoms with Crippen LogP contribution in [0, 0.1) is 0 Å². The van der Waals surface area contributed by atoms with Gasteiger partial charge < -0.3 is 5.32 Å². The van der Waals surface area contributed by atoms with Gasteiger partial charge in [0.1, 0.15) is 0 Å². The van der Waals surface area contributed by atoms with Crippen molar-refractivity contribution in [1.29, 1.82) is 0 Å². The van der Waals surface area contributed by atoms with Crippen LogP contribution in [-0.2, 0) is 0 Å². The monoisotopic (exact) mass is 267 g/mol. The summed E-state index contributed by atoms with van der Waals surface area (Å²) in [5, 5.41) is 2.82. The van der Waals surface area contributed by atoms with Crippen molar-refractivity contribution in [3.8, 4) is 0 Å². The molecule has 0 aliphatic rings. The molecule has 0 bridgehead atoms. The molecular formula is C12H14BrNO. The molecule has 0 saturated heterocycles. The highest BCUT2D eigenvalue weighted by molar-refractivity contribution is 9.10. The van der Waals surface area contributed by atoms with Crippen LogP contribution in [-0.4, -0.2) is 12.5 Å². The molecule has 0 atom stereocenters. The van der Waals surface area contributed by atoms with E-state index in [2.05, 4.69) is 21.2 Å². The molecule has 0 saturated carbocycles. The second kappa shape index (κ2) is 5.71. The van der Waals surface area contributed by atoms with Crippen molar-refractivity contribution in [2.24, 2.45) is 0 Å². The molecule has 0 aliphatic carbocycles. The summed E-state index contributed by atoms with van der Waals surface area (Å²) in [6.07, 6.45) is 1.98. The first-order valence-corrected chi connectivity index (χ1v) is 5.56. The van der Waals surface area contributed by atoms with Gasteiger partial charge in [-0.3, -0.25) is 4.79 Å². The number of benzene rings is 1. The van der Waals surface area contributed by atoms with Gasteiger partial charge in [0, 0.05) is 16.6 Å². The van der Waals surface area contributed by atoms with Gasteiger partial charge in [-0.2, -0.15) is 0 Å². The first kappa shape index (κ1) is 12.0. The molecule has 1 aromatic rings. The molecule has 2 nitrogen and oxygen atoms in total. The number of carbonyl (C=O) groups excluding carboxylic acids is 1. The molecule has 0 radical (unpaired) electrons. The van der Waals surface area contributed by atoms with Gasteiger partial charge in [0.2, 0.25) is 0 Å². The number of allylic oxidation sites excluding steroid dienone is 1. The fourth-order valence-corrected chi connectivity index (χ4v) is 1.48. The Bertz CT molecular complexity index is 381. The molecule has 1 amide bonds. The molecule has 1 N–H and O–H groups in total. The van der Waals surface area contributed by atoms with Crippen LogP contribution in [0.4, 0.5) is 0 Å². The Morgan fingerprint density at radius 1 is 1.47 bits per heavy atom. The van der Waals surface area contributed by atoms with Crippen molar-refractivity contribution >= 4 is 21.8 Å². The van der Waals surface area contributed by atoms with Crippen molar-refractivity contribution < 1.29 is 4.79 Å². The minimum absolute atomic E-state index is 0.0474. The smallest absolute Gasteiger partial charge is 0.251 e. The summed E-state index contributed by atoms with van der Waals surface area (Å²) < 4.78 is 0.914. The van der Waals surface area contributed by atoms with Gasteiger partial charge in [0.05, 0.1) is 0 Å². The number of hydrogen-bond acceptors (Lipinski definition) is 1. The van der Waals surface area contributed by atoms with Crippen LogP contribution in [0.5, 0.6) is 0 Å². The van der Waals surface area contributed by atoms with Gasteiger partial charge in [0.15, 0.2) is 0 Å². The van der Waals surface area contributed by atoms with Crippen molar-refractivity contribution in [3.63, 3.8) is 0 Å². The molecular weight excluding hydrogens is 254 g/mol. The molecule has 80 valence electrons. The summed E-state index contributed by atoms with van der Waals surface area (Å²) in [5.41, 5.74) is 1.87. The summed E-state index contributed by atoms with van der Waals surface area (Å²) in [6, 6.07) is 7.34. The highest BCUT2D eigenvalue weighted by atomic mass is 79.9. The van der Waals surface area contributed by atoms with Crippen LogP contribution in [0.15, 0.2) is 40.4 Å². The largest absolute Gasteiger partial charge is 0.349 e. The van der Waals surface area contributed by atoms with Gasteiger partial charge in [-0.15, -0.1) is 0 Å². The van der Waals surface area contributed by atoms with Crippen LogP contribution in [0.25, 0.3) is 0 Å². The lowest BCUT2D eigenvalue weighted by Crippen LogP contribution is -2.23. The molecule has 0 spiro atoms. The van der Waals surface area contributed by atoms with Crippen molar-refractivity contribution in [3.05, 3.63) is 46.0 Å². The summed E-state index contributed by atoms with van der Waals surface area (Å²) in [6.45, 7) is 4.59. The maximum absolute atomic E-state index is 11.6. The Morgan fingerprint density at radius 3 is 2.80 bits per heavy atom. The predicted octanol–water partition coefficient (Wildman–Crippen LogP) is 3.15. The zero-order valence-electron chi connectivity index (χ0n) is 8.88. The van der Waals surface area contributed by atoms with Gasteiger partial charge in [-0.1, -0.05) is 33.6 Å². The van der Waals surface area contributed by atoms with E-state index < -0.39 is 0 Å². The fourth-order valence-electron chi connectivity index (χ4n) is 1.08. The van der Waals surface area contributed by atoms with Crippen LogP contribution in [0.2, 0.25) is 0 Å². The highest BCUT2D eigenvalue weighted by Gasteiger charge is 2.03. The second-order valence-corrected chi connectivity index (χ2v) is 4.42. The molecule has 0 aliphatic heterocycles. The molecule has 1 rings (SSSR count). The lowest BCUT2D eigenvalue weighted by atomic mass is 10.2. The quantitative estimate of drug-likeness (QED) is 0.838. The maximum atomic E-state index is 11.6. The number of halogens is 1. The number of hydrogen-bond donors (Lipinski definition) is 1. The van der Waals surface area contributed by atoms with Crippen molar-refractivity contribution in [2.75, 3.05) is 6.54 Å².